The minimum atomic E-state index is -0.474. The molecule has 0 aliphatic heterocycles. The summed E-state index contributed by atoms with van der Waals surface area (Å²) in [6, 6.07) is 1.00. The lowest BCUT2D eigenvalue weighted by Crippen LogP contribution is -2.57. The van der Waals surface area contributed by atoms with Gasteiger partial charge in [0, 0.05) is 24.7 Å². The quantitative estimate of drug-likeness (QED) is 0.816. The van der Waals surface area contributed by atoms with Crippen molar-refractivity contribution in [3.8, 4) is 0 Å². The molecule has 1 amide bonds. The van der Waals surface area contributed by atoms with Crippen LogP contribution in [0.5, 0.6) is 0 Å². The Kier molecular flexibility index (Phi) is 4.88. The molecule has 3 aliphatic rings. The smallest absolute Gasteiger partial charge is 0.407 e. The van der Waals surface area contributed by atoms with E-state index in [1.807, 2.05) is 20.8 Å². The van der Waals surface area contributed by atoms with E-state index in [2.05, 4.69) is 10.2 Å². The highest BCUT2D eigenvalue weighted by Gasteiger charge is 2.43. The van der Waals surface area contributed by atoms with Crippen molar-refractivity contribution in [2.24, 2.45) is 5.92 Å². The molecule has 5 heteroatoms. The lowest BCUT2D eigenvalue weighted by molar-refractivity contribution is 0.0194. The predicted molar refractivity (Wildman–Crippen MR) is 89.3 cm³/mol. The third kappa shape index (κ3) is 5.08. The van der Waals surface area contributed by atoms with Crippen molar-refractivity contribution in [3.63, 3.8) is 0 Å². The van der Waals surface area contributed by atoms with Crippen LogP contribution in [-0.4, -0.2) is 52.5 Å². The van der Waals surface area contributed by atoms with Gasteiger partial charge in [0.1, 0.15) is 5.60 Å². The van der Waals surface area contributed by atoms with Gasteiger partial charge >= 0.3 is 6.09 Å². The van der Waals surface area contributed by atoms with Crippen LogP contribution in [-0.2, 0) is 4.74 Å². The summed E-state index contributed by atoms with van der Waals surface area (Å²) in [5.41, 5.74) is -0.474. The maximum Gasteiger partial charge on any atom is 0.407 e. The molecule has 3 aliphatic carbocycles. The molecule has 0 aromatic heterocycles. The number of aliphatic hydroxyl groups excluding tert-OH is 1. The molecule has 0 saturated heterocycles. The van der Waals surface area contributed by atoms with Crippen molar-refractivity contribution in [1.82, 2.24) is 10.2 Å². The molecule has 3 unspecified atom stereocenters. The number of aliphatic hydroxyl groups is 1. The number of hydrogen-bond donors (Lipinski definition) is 2. The second-order valence-corrected chi connectivity index (χ2v) is 8.66. The van der Waals surface area contributed by atoms with Gasteiger partial charge in [-0.25, -0.2) is 4.79 Å². The number of alkyl carbamates (subject to hydrolysis) is 1. The van der Waals surface area contributed by atoms with Crippen LogP contribution >= 0.6 is 0 Å². The Balaban J connectivity index is 1.64. The number of rotatable bonds is 5. The largest absolute Gasteiger partial charge is 0.444 e. The van der Waals surface area contributed by atoms with Crippen molar-refractivity contribution in [2.45, 2.75) is 95.5 Å². The van der Waals surface area contributed by atoms with E-state index in [-0.39, 0.29) is 24.3 Å². The van der Waals surface area contributed by atoms with Crippen LogP contribution < -0.4 is 5.32 Å². The van der Waals surface area contributed by atoms with E-state index in [0.29, 0.717) is 6.04 Å². The van der Waals surface area contributed by atoms with Crippen LogP contribution in [0.4, 0.5) is 4.79 Å². The minimum absolute atomic E-state index is 0.0904. The summed E-state index contributed by atoms with van der Waals surface area (Å²) in [7, 11) is 0. The van der Waals surface area contributed by atoms with Crippen LogP contribution in [0.15, 0.2) is 0 Å². The van der Waals surface area contributed by atoms with Gasteiger partial charge in [0.2, 0.25) is 0 Å². The Hall–Kier alpha value is -0.810. The summed E-state index contributed by atoms with van der Waals surface area (Å²) in [4.78, 5) is 14.8. The van der Waals surface area contributed by atoms with Crippen LogP contribution in [0.3, 0.4) is 0 Å². The van der Waals surface area contributed by atoms with E-state index in [1.165, 1.54) is 25.7 Å². The first-order valence-corrected chi connectivity index (χ1v) is 9.25. The average Bonchev–Trinajstić information content (AvgIpc) is 3.30. The van der Waals surface area contributed by atoms with Crippen molar-refractivity contribution in [2.75, 3.05) is 6.54 Å². The molecule has 3 rings (SSSR count). The third-order valence-electron chi connectivity index (χ3n) is 5.10. The van der Waals surface area contributed by atoms with Gasteiger partial charge in [-0.15, -0.1) is 0 Å². The Morgan fingerprint density at radius 2 is 1.87 bits per heavy atom. The number of nitrogens with one attached hydrogen (secondary N) is 1. The van der Waals surface area contributed by atoms with E-state index in [0.717, 1.165) is 31.7 Å². The maximum absolute atomic E-state index is 12.2. The van der Waals surface area contributed by atoms with Gasteiger partial charge in [-0.1, -0.05) is 0 Å². The number of carbonyl (C=O) groups excluding carboxylic acids is 1. The van der Waals surface area contributed by atoms with Crippen molar-refractivity contribution in [3.05, 3.63) is 0 Å². The normalized spacial score (nSPS) is 32.0. The number of carbonyl (C=O) groups is 1. The van der Waals surface area contributed by atoms with Crippen LogP contribution in [0.25, 0.3) is 0 Å². The Morgan fingerprint density at radius 1 is 1.17 bits per heavy atom. The molecule has 3 saturated carbocycles. The number of hydrogen-bond acceptors (Lipinski definition) is 4. The second kappa shape index (κ2) is 6.60. The highest BCUT2D eigenvalue weighted by atomic mass is 16.6. The molecule has 0 spiro atoms. The van der Waals surface area contributed by atoms with E-state index >= 15 is 0 Å². The maximum atomic E-state index is 12.2. The first kappa shape index (κ1) is 17.0. The summed E-state index contributed by atoms with van der Waals surface area (Å²) < 4.78 is 5.43. The molecule has 3 atom stereocenters. The van der Waals surface area contributed by atoms with Gasteiger partial charge in [0.15, 0.2) is 0 Å². The van der Waals surface area contributed by atoms with Crippen molar-refractivity contribution in [1.29, 1.82) is 0 Å². The van der Waals surface area contributed by atoms with Gasteiger partial charge in [-0.2, -0.15) is 0 Å². The number of ether oxygens (including phenoxy) is 1. The zero-order chi connectivity index (χ0) is 16.6. The van der Waals surface area contributed by atoms with E-state index in [1.54, 1.807) is 0 Å². The lowest BCUT2D eigenvalue weighted by atomic mass is 9.87. The molecule has 0 bridgehead atoms. The molecule has 0 heterocycles. The summed E-state index contributed by atoms with van der Waals surface area (Å²) in [6.07, 6.45) is 6.99. The zero-order valence-corrected chi connectivity index (χ0v) is 14.8. The molecule has 23 heavy (non-hydrogen) atoms. The molecular formula is C18H32N2O3. The van der Waals surface area contributed by atoms with Gasteiger partial charge < -0.3 is 15.2 Å². The second-order valence-electron chi connectivity index (χ2n) is 8.66. The first-order valence-electron chi connectivity index (χ1n) is 9.25. The molecule has 0 aromatic rings. The minimum Gasteiger partial charge on any atom is -0.444 e. The van der Waals surface area contributed by atoms with E-state index < -0.39 is 5.60 Å². The Labute approximate surface area is 139 Å². The van der Waals surface area contributed by atoms with Gasteiger partial charge in [-0.05, 0) is 71.6 Å². The molecule has 132 valence electrons. The van der Waals surface area contributed by atoms with Gasteiger partial charge in [0.25, 0.3) is 0 Å². The van der Waals surface area contributed by atoms with Crippen molar-refractivity contribution >= 4 is 6.09 Å². The molecule has 0 radical (unpaired) electrons. The fourth-order valence-corrected chi connectivity index (χ4v) is 3.68. The predicted octanol–water partition coefficient (Wildman–Crippen LogP) is 2.67. The topological polar surface area (TPSA) is 61.8 Å². The monoisotopic (exact) mass is 324 g/mol. The summed E-state index contributed by atoms with van der Waals surface area (Å²) in [6.45, 7) is 6.80. The van der Waals surface area contributed by atoms with Crippen LogP contribution in [0.1, 0.15) is 65.7 Å². The SMILES string of the molecule is CC(C)(C)OC(=O)NC1CCC(O)CC1N(CC1CC1)C1CC1. The molecule has 0 aromatic carbocycles. The number of nitrogens with zero attached hydrogens (tertiary/aromatic N) is 1. The Morgan fingerprint density at radius 3 is 2.43 bits per heavy atom. The third-order valence-corrected chi connectivity index (χ3v) is 5.10. The van der Waals surface area contributed by atoms with Crippen LogP contribution in [0.2, 0.25) is 0 Å². The zero-order valence-electron chi connectivity index (χ0n) is 14.8. The fourth-order valence-electron chi connectivity index (χ4n) is 3.68. The summed E-state index contributed by atoms with van der Waals surface area (Å²) in [5, 5.41) is 13.2. The molecule has 3 fully saturated rings. The van der Waals surface area contributed by atoms with E-state index in [4.69, 9.17) is 4.74 Å². The molecule has 5 nitrogen and oxygen atoms in total. The van der Waals surface area contributed by atoms with Gasteiger partial charge in [0.05, 0.1) is 6.10 Å². The van der Waals surface area contributed by atoms with Crippen molar-refractivity contribution < 1.29 is 14.6 Å². The summed E-state index contributed by atoms with van der Waals surface area (Å²) in [5.74, 6) is 0.830. The van der Waals surface area contributed by atoms with E-state index in [9.17, 15) is 9.90 Å². The van der Waals surface area contributed by atoms with Crippen LogP contribution in [0, 0.1) is 5.92 Å². The standard InChI is InChI=1S/C18H32N2O3/c1-18(2,3)23-17(22)19-15-9-8-14(21)10-16(15)20(13-6-7-13)11-12-4-5-12/h12-16,21H,4-11H2,1-3H3,(H,19,22). The Bertz CT molecular complexity index is 426. The highest BCUT2D eigenvalue weighted by molar-refractivity contribution is 5.68. The molecular weight excluding hydrogens is 292 g/mol. The van der Waals surface area contributed by atoms with Gasteiger partial charge in [-0.3, -0.25) is 4.90 Å². The lowest BCUT2D eigenvalue weighted by Gasteiger charge is -2.42. The average molecular weight is 324 g/mol. The fraction of sp³-hybridized carbons (Fsp3) is 0.944. The number of amides is 1. The summed E-state index contributed by atoms with van der Waals surface area (Å²) >= 11 is 0. The highest BCUT2D eigenvalue weighted by Crippen LogP contribution is 2.39. The first-order chi connectivity index (χ1) is 10.8. The molecule has 2 N–H and O–H groups in total.